The van der Waals surface area contributed by atoms with Crippen molar-refractivity contribution in [1.29, 1.82) is 0 Å². The van der Waals surface area contributed by atoms with Crippen LogP contribution >= 0.6 is 0 Å². The van der Waals surface area contributed by atoms with E-state index in [1.165, 1.54) is 99.2 Å². The summed E-state index contributed by atoms with van der Waals surface area (Å²) in [4.78, 5) is 0. The van der Waals surface area contributed by atoms with Crippen LogP contribution in [0, 0.1) is 0 Å². The van der Waals surface area contributed by atoms with Gasteiger partial charge in [0.25, 0.3) is 0 Å². The molecule has 182 valence electrons. The summed E-state index contributed by atoms with van der Waals surface area (Å²) >= 11 is 0. The van der Waals surface area contributed by atoms with Crippen LogP contribution in [0.25, 0.3) is 77.0 Å². The van der Waals surface area contributed by atoms with Gasteiger partial charge in [0.15, 0.2) is 0 Å². The molecule has 0 aliphatic carbocycles. The van der Waals surface area contributed by atoms with Crippen LogP contribution in [0.5, 0.6) is 0 Å². The van der Waals surface area contributed by atoms with Crippen molar-refractivity contribution in [3.8, 4) is 33.4 Å². The van der Waals surface area contributed by atoms with Crippen LogP contribution < -0.4 is 0 Å². The number of hydrogen-bond acceptors (Lipinski definition) is 0. The fourth-order valence-electron chi connectivity index (χ4n) is 9.20. The zero-order valence-corrected chi connectivity index (χ0v) is 21.4. The maximum atomic E-state index is 2.70. The molecule has 40 heavy (non-hydrogen) atoms. The third kappa shape index (κ3) is 1.74. The van der Waals surface area contributed by atoms with Crippen LogP contribution in [0.15, 0.2) is 109 Å². The zero-order valence-electron chi connectivity index (χ0n) is 21.4. The Kier molecular flexibility index (Phi) is 2.81. The molecule has 6 aromatic carbocycles. The van der Waals surface area contributed by atoms with E-state index in [1.54, 1.807) is 0 Å². The van der Waals surface area contributed by atoms with Gasteiger partial charge in [-0.3, -0.25) is 0 Å². The second kappa shape index (κ2) is 5.90. The maximum absolute atomic E-state index is 2.70. The summed E-state index contributed by atoms with van der Waals surface area (Å²) in [6, 6.07) is 42.1. The monoisotopic (exact) mass is 504 g/mol. The SMILES string of the molecule is c1ccc2c(c1)-c1cccc3c4ccc5c6c4n(c13)C2c1ccc2c3cccc4c3n(c2c1-6)C5c1ccccc1-4. The van der Waals surface area contributed by atoms with Crippen molar-refractivity contribution >= 4 is 43.6 Å². The lowest BCUT2D eigenvalue weighted by molar-refractivity contribution is 0.690. The highest BCUT2D eigenvalue weighted by Crippen LogP contribution is 2.61. The molecular formula is C38H20N2. The van der Waals surface area contributed by atoms with E-state index < -0.39 is 0 Å². The van der Waals surface area contributed by atoms with Gasteiger partial charge in [0.1, 0.15) is 0 Å². The second-order valence-electron chi connectivity index (χ2n) is 12.0. The molecule has 12 rings (SSSR count). The molecule has 0 fully saturated rings. The van der Waals surface area contributed by atoms with Crippen LogP contribution in [0.4, 0.5) is 0 Å². The van der Waals surface area contributed by atoms with Gasteiger partial charge in [-0.25, -0.2) is 0 Å². The van der Waals surface area contributed by atoms with E-state index in [0.717, 1.165) is 0 Å². The molecular weight excluding hydrogens is 484 g/mol. The molecule has 2 aromatic heterocycles. The van der Waals surface area contributed by atoms with Crippen LogP contribution in [0.3, 0.4) is 0 Å². The first-order valence-corrected chi connectivity index (χ1v) is 14.3. The first-order chi connectivity index (χ1) is 19.9. The normalized spacial score (nSPS) is 18.0. The van der Waals surface area contributed by atoms with Crippen LogP contribution in [0.1, 0.15) is 34.3 Å². The molecule has 2 unspecified atom stereocenters. The predicted octanol–water partition coefficient (Wildman–Crippen LogP) is 9.43. The summed E-state index contributed by atoms with van der Waals surface area (Å²) < 4.78 is 5.40. The Labute approximate surface area is 229 Å². The topological polar surface area (TPSA) is 9.86 Å². The Balaban J connectivity index is 1.42. The molecule has 2 heteroatoms. The fraction of sp³-hybridized carbons (Fsp3) is 0.0526. The molecule has 8 aromatic rings. The number of nitrogens with zero attached hydrogens (tertiary/aromatic N) is 2. The van der Waals surface area contributed by atoms with Crippen molar-refractivity contribution in [3.05, 3.63) is 131 Å². The van der Waals surface area contributed by atoms with Gasteiger partial charge in [-0.1, -0.05) is 109 Å². The minimum Gasteiger partial charge on any atom is -0.328 e. The number of rotatable bonds is 0. The molecule has 4 aliphatic rings. The average molecular weight is 505 g/mol. The van der Waals surface area contributed by atoms with Gasteiger partial charge in [-0.05, 0) is 33.4 Å². The van der Waals surface area contributed by atoms with Gasteiger partial charge in [0, 0.05) is 43.8 Å². The van der Waals surface area contributed by atoms with E-state index in [2.05, 4.69) is 118 Å². The summed E-state index contributed by atoms with van der Waals surface area (Å²) in [7, 11) is 0. The highest BCUT2D eigenvalue weighted by Gasteiger charge is 2.43. The zero-order chi connectivity index (χ0) is 25.4. The minimum atomic E-state index is 0.172. The van der Waals surface area contributed by atoms with Gasteiger partial charge in [0.05, 0.1) is 34.2 Å². The fourth-order valence-corrected chi connectivity index (χ4v) is 9.20. The van der Waals surface area contributed by atoms with Crippen molar-refractivity contribution in [2.75, 3.05) is 0 Å². The summed E-state index contributed by atoms with van der Waals surface area (Å²) in [5.41, 5.74) is 19.7. The van der Waals surface area contributed by atoms with Crippen LogP contribution in [-0.4, -0.2) is 9.13 Å². The summed E-state index contributed by atoms with van der Waals surface area (Å²) in [5.74, 6) is 0. The molecule has 4 aliphatic heterocycles. The molecule has 0 saturated carbocycles. The number of hydrogen-bond donors (Lipinski definition) is 0. The van der Waals surface area contributed by atoms with E-state index in [-0.39, 0.29) is 12.1 Å². The van der Waals surface area contributed by atoms with Crippen molar-refractivity contribution < 1.29 is 0 Å². The molecule has 0 radical (unpaired) electrons. The number of para-hydroxylation sites is 2. The van der Waals surface area contributed by atoms with Crippen molar-refractivity contribution in [2.45, 2.75) is 12.1 Å². The first kappa shape index (κ1) is 19.1. The van der Waals surface area contributed by atoms with E-state index in [9.17, 15) is 0 Å². The molecule has 0 N–H and O–H groups in total. The van der Waals surface area contributed by atoms with Crippen molar-refractivity contribution in [2.24, 2.45) is 0 Å². The van der Waals surface area contributed by atoms with Gasteiger partial charge in [-0.15, -0.1) is 0 Å². The summed E-state index contributed by atoms with van der Waals surface area (Å²) in [6.07, 6.45) is 0. The molecule has 0 saturated heterocycles. The van der Waals surface area contributed by atoms with Crippen LogP contribution in [-0.2, 0) is 0 Å². The van der Waals surface area contributed by atoms with Gasteiger partial charge < -0.3 is 9.13 Å². The summed E-state index contributed by atoms with van der Waals surface area (Å²) in [5, 5.41) is 5.50. The van der Waals surface area contributed by atoms with Gasteiger partial charge >= 0.3 is 0 Å². The quantitative estimate of drug-likeness (QED) is 0.195. The molecule has 2 atom stereocenters. The van der Waals surface area contributed by atoms with Gasteiger partial charge in [-0.2, -0.15) is 0 Å². The maximum Gasteiger partial charge on any atom is 0.0858 e. The molecule has 0 amide bonds. The van der Waals surface area contributed by atoms with E-state index in [4.69, 9.17) is 0 Å². The number of aromatic nitrogens is 2. The second-order valence-corrected chi connectivity index (χ2v) is 12.0. The lowest BCUT2D eigenvalue weighted by Crippen LogP contribution is -2.26. The Bertz CT molecular complexity index is 2370. The Hall–Kier alpha value is -5.08. The standard InChI is InChI=1S/C38H20N2/c1-3-9-21-19(7-1)23-11-5-13-25-27-16-18-30-32-31-29(35(21)39(33(23)25)37(27)32)17-15-28-26-14-6-12-24-20-8-2-4-10-22(20)36(30)40(34(24)26)38(28)31/h1-18,35-36H. The summed E-state index contributed by atoms with van der Waals surface area (Å²) in [6.45, 7) is 0. The Morgan fingerprint density at radius 2 is 0.750 bits per heavy atom. The van der Waals surface area contributed by atoms with E-state index in [0.29, 0.717) is 0 Å². The van der Waals surface area contributed by atoms with Gasteiger partial charge in [0.2, 0.25) is 0 Å². The predicted molar refractivity (Wildman–Crippen MR) is 163 cm³/mol. The van der Waals surface area contributed by atoms with Crippen molar-refractivity contribution in [1.82, 2.24) is 9.13 Å². The third-order valence-corrected chi connectivity index (χ3v) is 10.5. The molecule has 0 bridgehead atoms. The highest BCUT2D eigenvalue weighted by atomic mass is 15.1. The lowest BCUT2D eigenvalue weighted by atomic mass is 9.76. The Morgan fingerprint density at radius 1 is 0.325 bits per heavy atom. The first-order valence-electron chi connectivity index (χ1n) is 14.3. The average Bonchev–Trinajstić information content (AvgIpc) is 3.54. The largest absolute Gasteiger partial charge is 0.328 e. The van der Waals surface area contributed by atoms with E-state index >= 15 is 0 Å². The number of fused-ring (bicyclic) bond motifs is 10. The van der Waals surface area contributed by atoms with Crippen LogP contribution in [0.2, 0.25) is 0 Å². The molecule has 2 nitrogen and oxygen atoms in total. The molecule has 6 heterocycles. The smallest absolute Gasteiger partial charge is 0.0858 e. The minimum absolute atomic E-state index is 0.172. The van der Waals surface area contributed by atoms with E-state index in [1.807, 2.05) is 0 Å². The molecule has 0 spiro atoms. The van der Waals surface area contributed by atoms with Crippen molar-refractivity contribution in [3.63, 3.8) is 0 Å². The number of benzene rings is 6. The lowest BCUT2D eigenvalue weighted by Gasteiger charge is -2.40. The third-order valence-electron chi connectivity index (χ3n) is 10.5. The Morgan fingerprint density at radius 3 is 1.25 bits per heavy atom. The highest BCUT2D eigenvalue weighted by molar-refractivity contribution is 6.25.